The van der Waals surface area contributed by atoms with Crippen molar-refractivity contribution in [2.45, 2.75) is 25.9 Å². The number of hydrogen-bond acceptors (Lipinski definition) is 5. The van der Waals surface area contributed by atoms with E-state index in [1.807, 2.05) is 60.7 Å². The second kappa shape index (κ2) is 11.6. The minimum absolute atomic E-state index is 0.0499. The zero-order chi connectivity index (χ0) is 25.4. The quantitative estimate of drug-likeness (QED) is 0.280. The summed E-state index contributed by atoms with van der Waals surface area (Å²) in [7, 11) is 0. The molecule has 4 aromatic rings. The lowest BCUT2D eigenvalue weighted by Gasteiger charge is -2.17. The van der Waals surface area contributed by atoms with E-state index in [1.54, 1.807) is 24.3 Å². The van der Waals surface area contributed by atoms with E-state index in [4.69, 9.17) is 19.9 Å². The molecular weight excluding hydrogens is 469 g/mol. The number of nitrogens with two attached hydrogens (primary N) is 1. The van der Waals surface area contributed by atoms with Gasteiger partial charge in [0.25, 0.3) is 0 Å². The van der Waals surface area contributed by atoms with Crippen molar-refractivity contribution in [3.8, 4) is 28.6 Å². The van der Waals surface area contributed by atoms with Crippen molar-refractivity contribution in [3.05, 3.63) is 108 Å². The van der Waals surface area contributed by atoms with Gasteiger partial charge in [-0.05, 0) is 34.9 Å². The highest BCUT2D eigenvalue weighted by Gasteiger charge is 2.29. The Labute approximate surface area is 207 Å². The molecule has 1 aromatic heterocycles. The molecule has 0 atom stereocenters. The summed E-state index contributed by atoms with van der Waals surface area (Å²) in [5.74, 6) is 0.572. The first-order valence-corrected chi connectivity index (χ1v) is 11.3. The fourth-order valence-electron chi connectivity index (χ4n) is 3.48. The largest absolute Gasteiger partial charge is 0.483 e. The molecular formula is C28H25F3N2O3. The maximum absolute atomic E-state index is 12.9. The van der Waals surface area contributed by atoms with Crippen LogP contribution in [0.1, 0.15) is 16.7 Å². The lowest BCUT2D eigenvalue weighted by molar-refractivity contribution is -0.153. The van der Waals surface area contributed by atoms with Gasteiger partial charge in [-0.3, -0.25) is 0 Å². The van der Waals surface area contributed by atoms with E-state index >= 15 is 0 Å². The van der Waals surface area contributed by atoms with Crippen LogP contribution in [-0.4, -0.2) is 17.8 Å². The molecule has 36 heavy (non-hydrogen) atoms. The molecule has 186 valence electrons. The van der Waals surface area contributed by atoms with Crippen LogP contribution in [0.15, 0.2) is 91.0 Å². The molecule has 0 bridgehead atoms. The van der Waals surface area contributed by atoms with Crippen LogP contribution in [0, 0.1) is 0 Å². The Bertz CT molecular complexity index is 1270. The van der Waals surface area contributed by atoms with Crippen LogP contribution in [0.3, 0.4) is 0 Å². The van der Waals surface area contributed by atoms with Crippen molar-refractivity contribution in [2.75, 3.05) is 6.61 Å². The van der Waals surface area contributed by atoms with Gasteiger partial charge >= 0.3 is 6.18 Å². The smallest absolute Gasteiger partial charge is 0.422 e. The van der Waals surface area contributed by atoms with E-state index in [2.05, 4.69) is 4.98 Å². The van der Waals surface area contributed by atoms with Gasteiger partial charge in [-0.2, -0.15) is 18.2 Å². The van der Waals surface area contributed by atoms with Crippen LogP contribution in [0.2, 0.25) is 0 Å². The van der Waals surface area contributed by atoms with Crippen molar-refractivity contribution in [1.82, 2.24) is 4.98 Å². The Morgan fingerprint density at radius 3 is 1.92 bits per heavy atom. The number of hydrogen-bond donors (Lipinski definition) is 1. The summed E-state index contributed by atoms with van der Waals surface area (Å²) in [5.41, 5.74) is 9.25. The number of halogens is 3. The molecule has 2 N–H and O–H groups in total. The van der Waals surface area contributed by atoms with Crippen LogP contribution in [-0.2, 0) is 19.8 Å². The molecule has 0 aliphatic rings. The molecule has 0 aliphatic heterocycles. The summed E-state index contributed by atoms with van der Waals surface area (Å²) in [4.78, 5) is 4.53. The molecule has 4 rings (SSSR count). The Kier molecular flexibility index (Phi) is 8.07. The van der Waals surface area contributed by atoms with Gasteiger partial charge in [0.05, 0.1) is 0 Å². The molecule has 0 amide bonds. The maximum Gasteiger partial charge on any atom is 0.422 e. The zero-order valence-corrected chi connectivity index (χ0v) is 19.4. The van der Waals surface area contributed by atoms with Gasteiger partial charge in [-0.15, -0.1) is 0 Å². The highest BCUT2D eigenvalue weighted by molar-refractivity contribution is 5.75. The Morgan fingerprint density at radius 1 is 0.667 bits per heavy atom. The molecule has 0 saturated heterocycles. The van der Waals surface area contributed by atoms with Crippen LogP contribution >= 0.6 is 0 Å². The van der Waals surface area contributed by atoms with E-state index < -0.39 is 12.8 Å². The predicted octanol–water partition coefficient (Wildman–Crippen LogP) is 6.31. The molecule has 8 heteroatoms. The number of nitrogens with zero attached hydrogens (tertiary/aromatic N) is 1. The number of rotatable bonds is 10. The predicted molar refractivity (Wildman–Crippen MR) is 131 cm³/mol. The molecule has 0 fully saturated rings. The van der Waals surface area contributed by atoms with Crippen molar-refractivity contribution < 1.29 is 27.4 Å². The third-order valence-electron chi connectivity index (χ3n) is 5.24. The molecule has 0 aliphatic carbocycles. The molecule has 0 spiro atoms. The van der Waals surface area contributed by atoms with Crippen molar-refractivity contribution in [2.24, 2.45) is 5.73 Å². The van der Waals surface area contributed by atoms with E-state index in [0.717, 1.165) is 16.7 Å². The van der Waals surface area contributed by atoms with Crippen molar-refractivity contribution in [3.63, 3.8) is 0 Å². The number of aromatic nitrogens is 1. The molecule has 0 radical (unpaired) electrons. The third kappa shape index (κ3) is 6.99. The molecule has 1 heterocycles. The van der Waals surface area contributed by atoms with Gasteiger partial charge in [0, 0.05) is 23.7 Å². The Morgan fingerprint density at radius 2 is 1.31 bits per heavy atom. The van der Waals surface area contributed by atoms with Gasteiger partial charge in [-0.25, -0.2) is 0 Å². The Balaban J connectivity index is 1.68. The fourth-order valence-corrected chi connectivity index (χ4v) is 3.48. The summed E-state index contributed by atoms with van der Waals surface area (Å²) < 4.78 is 55.7. The van der Waals surface area contributed by atoms with Crippen LogP contribution < -0.4 is 19.9 Å². The van der Waals surface area contributed by atoms with E-state index in [1.165, 1.54) is 6.07 Å². The molecule has 3 aromatic carbocycles. The van der Waals surface area contributed by atoms with E-state index in [-0.39, 0.29) is 24.8 Å². The summed E-state index contributed by atoms with van der Waals surface area (Å²) in [6, 6.07) is 27.2. The van der Waals surface area contributed by atoms with Crippen LogP contribution in [0.25, 0.3) is 11.1 Å². The number of ether oxygens (including phenoxy) is 3. The lowest BCUT2D eigenvalue weighted by Crippen LogP contribution is -2.19. The van der Waals surface area contributed by atoms with Gasteiger partial charge in [0.15, 0.2) is 6.61 Å². The minimum Gasteiger partial charge on any atom is -0.483 e. The molecule has 0 unspecified atom stereocenters. The first-order valence-electron chi connectivity index (χ1n) is 11.3. The summed E-state index contributed by atoms with van der Waals surface area (Å²) in [6.07, 6.45) is -4.48. The van der Waals surface area contributed by atoms with Gasteiger partial charge in [-0.1, -0.05) is 66.7 Å². The number of alkyl halides is 3. The molecule has 0 saturated carbocycles. The summed E-state index contributed by atoms with van der Waals surface area (Å²) in [5, 5.41) is 0. The monoisotopic (exact) mass is 494 g/mol. The second-order valence-electron chi connectivity index (χ2n) is 7.99. The Hall–Kier alpha value is -4.04. The lowest BCUT2D eigenvalue weighted by atomic mass is 10.0. The second-order valence-corrected chi connectivity index (χ2v) is 7.99. The number of benzene rings is 3. The first-order chi connectivity index (χ1) is 17.4. The topological polar surface area (TPSA) is 66.6 Å². The maximum atomic E-state index is 12.9. The molecule has 5 nitrogen and oxygen atoms in total. The average Bonchev–Trinajstić information content (AvgIpc) is 2.90. The first kappa shape index (κ1) is 25.1. The fraction of sp³-hybridized carbons (Fsp3) is 0.179. The average molecular weight is 495 g/mol. The summed E-state index contributed by atoms with van der Waals surface area (Å²) in [6.45, 7) is -0.710. The van der Waals surface area contributed by atoms with Gasteiger partial charge in [0.2, 0.25) is 11.8 Å². The highest BCUT2D eigenvalue weighted by Crippen LogP contribution is 2.38. The van der Waals surface area contributed by atoms with E-state index in [9.17, 15) is 13.2 Å². The third-order valence-corrected chi connectivity index (χ3v) is 5.24. The van der Waals surface area contributed by atoms with Crippen molar-refractivity contribution in [1.29, 1.82) is 0 Å². The standard InChI is InChI=1S/C28H25F3N2O3/c29-28(30,31)19-36-25-13-11-22(16-32)15-24(25)23-12-14-26(34-17-20-7-3-1-4-8-20)33-27(23)35-18-21-9-5-2-6-10-21/h1-15H,16-19,32H2. The zero-order valence-electron chi connectivity index (χ0n) is 19.4. The SMILES string of the molecule is NCc1ccc(OCC(F)(F)F)c(-c2ccc(OCc3ccccc3)nc2OCc2ccccc2)c1. The van der Waals surface area contributed by atoms with Crippen LogP contribution in [0.5, 0.6) is 17.5 Å². The van der Waals surface area contributed by atoms with Crippen molar-refractivity contribution >= 4 is 0 Å². The normalized spacial score (nSPS) is 11.2. The number of pyridine rings is 1. The van der Waals surface area contributed by atoms with E-state index in [0.29, 0.717) is 23.6 Å². The van der Waals surface area contributed by atoms with Gasteiger partial charge < -0.3 is 19.9 Å². The van der Waals surface area contributed by atoms with Crippen LogP contribution in [0.4, 0.5) is 13.2 Å². The summed E-state index contributed by atoms with van der Waals surface area (Å²) >= 11 is 0. The van der Waals surface area contributed by atoms with Gasteiger partial charge in [0.1, 0.15) is 19.0 Å². The highest BCUT2D eigenvalue weighted by atomic mass is 19.4. The minimum atomic E-state index is -4.48.